The zero-order valence-electron chi connectivity index (χ0n) is 40.0. The summed E-state index contributed by atoms with van der Waals surface area (Å²) in [4.78, 5) is 11.0. The van der Waals surface area contributed by atoms with Crippen LogP contribution in [0.4, 0.5) is 0 Å². The summed E-state index contributed by atoms with van der Waals surface area (Å²) in [7, 11) is 0. The highest BCUT2D eigenvalue weighted by Gasteiger charge is 2.26. The van der Waals surface area contributed by atoms with E-state index >= 15 is 0 Å². The van der Waals surface area contributed by atoms with Gasteiger partial charge in [-0.1, -0.05) is 194 Å². The summed E-state index contributed by atoms with van der Waals surface area (Å²) < 4.78 is 14.3. The Kier molecular flexibility index (Phi) is 9.47. The van der Waals surface area contributed by atoms with Crippen LogP contribution >= 0.6 is 0 Å². The molecule has 0 amide bonds. The molecular weight excluding hydrogens is 903 g/mol. The topological polar surface area (TPSA) is 53.7 Å². The second-order valence-corrected chi connectivity index (χ2v) is 18.9. The highest BCUT2D eigenvalue weighted by Crippen LogP contribution is 2.46. The van der Waals surface area contributed by atoms with Crippen LogP contribution in [0, 0.1) is 0 Å². The van der Waals surface area contributed by atoms with Gasteiger partial charge >= 0.3 is 0 Å². The Morgan fingerprint density at radius 1 is 0.297 bits per heavy atom. The Morgan fingerprint density at radius 2 is 0.797 bits per heavy atom. The molecule has 0 unspecified atom stereocenters. The molecule has 0 aliphatic carbocycles. The van der Waals surface area contributed by atoms with Crippen LogP contribution in [0.2, 0.25) is 0 Å². The Bertz CT molecular complexity index is 4660. The van der Waals surface area contributed by atoms with E-state index in [9.17, 15) is 0 Å². The minimum absolute atomic E-state index is 0.771. The average molecular weight is 946 g/mol. The minimum Gasteiger partial charge on any atom is -0.455 e. The average Bonchev–Trinajstić information content (AvgIpc) is 4.25. The molecule has 74 heavy (non-hydrogen) atoms. The van der Waals surface area contributed by atoms with Crippen molar-refractivity contribution in [1.29, 1.82) is 0 Å². The van der Waals surface area contributed by atoms with E-state index in [0.29, 0.717) is 0 Å². The van der Waals surface area contributed by atoms with E-state index < -0.39 is 0 Å². The SMILES string of the molecule is c1ccc(-c2ccccc2-n2c(-c3ccc4c5ccccc5n(-c5cc(-c6nc7ccccc7n6-c6ccccc6-c6ccccc6)c6oc7cccc(-c8ccccc8)c7c6c5)c4c3)nc3ccccc32)cc1. The van der Waals surface area contributed by atoms with Crippen LogP contribution in [0.1, 0.15) is 0 Å². The van der Waals surface area contributed by atoms with E-state index in [1.54, 1.807) is 0 Å². The van der Waals surface area contributed by atoms with Crippen molar-refractivity contribution in [1.82, 2.24) is 23.7 Å². The van der Waals surface area contributed by atoms with Crippen molar-refractivity contribution in [2.24, 2.45) is 0 Å². The molecule has 4 heterocycles. The maximum Gasteiger partial charge on any atom is 0.149 e. The number of fused-ring (bicyclic) bond motifs is 8. The van der Waals surface area contributed by atoms with E-state index in [2.05, 4.69) is 275 Å². The fraction of sp³-hybridized carbons (Fsp3) is 0. The van der Waals surface area contributed by atoms with Crippen LogP contribution in [0.15, 0.2) is 265 Å². The molecule has 4 aromatic heterocycles. The third-order valence-corrected chi connectivity index (χ3v) is 14.7. The lowest BCUT2D eigenvalue weighted by atomic mass is 9.98. The molecule has 6 nitrogen and oxygen atoms in total. The third kappa shape index (κ3) is 6.52. The van der Waals surface area contributed by atoms with E-state index in [4.69, 9.17) is 14.4 Å². The van der Waals surface area contributed by atoms with Gasteiger partial charge in [-0.05, 0) is 89.0 Å². The van der Waals surface area contributed by atoms with Crippen molar-refractivity contribution in [2.45, 2.75) is 0 Å². The van der Waals surface area contributed by atoms with E-state index in [1.165, 1.54) is 0 Å². The maximum absolute atomic E-state index is 7.18. The smallest absolute Gasteiger partial charge is 0.149 e. The zero-order valence-corrected chi connectivity index (χ0v) is 40.0. The van der Waals surface area contributed by atoms with Crippen LogP contribution in [0.3, 0.4) is 0 Å². The number of hydrogen-bond acceptors (Lipinski definition) is 3. The molecule has 0 spiro atoms. The number of nitrogens with zero attached hydrogens (tertiary/aromatic N) is 5. The first kappa shape index (κ1) is 41.7. The predicted molar refractivity (Wildman–Crippen MR) is 304 cm³/mol. The van der Waals surface area contributed by atoms with Crippen molar-refractivity contribution < 1.29 is 4.42 Å². The van der Waals surface area contributed by atoms with Gasteiger partial charge in [-0.25, -0.2) is 9.97 Å². The molecule has 15 aromatic rings. The van der Waals surface area contributed by atoms with Crippen molar-refractivity contribution in [3.8, 4) is 73.2 Å². The molecular formula is C68H43N5O. The second-order valence-electron chi connectivity index (χ2n) is 18.9. The highest BCUT2D eigenvalue weighted by molar-refractivity contribution is 6.17. The quantitative estimate of drug-likeness (QED) is 0.152. The molecule has 6 heteroatoms. The van der Waals surface area contributed by atoms with E-state index in [1.807, 2.05) is 0 Å². The number of para-hydroxylation sites is 7. The van der Waals surface area contributed by atoms with Gasteiger partial charge in [-0.3, -0.25) is 9.13 Å². The summed E-state index contributed by atoms with van der Waals surface area (Å²) in [5.41, 5.74) is 19.3. The van der Waals surface area contributed by atoms with Gasteiger partial charge in [0.2, 0.25) is 0 Å². The summed E-state index contributed by atoms with van der Waals surface area (Å²) >= 11 is 0. The molecule has 0 saturated carbocycles. The van der Waals surface area contributed by atoms with Crippen LogP contribution in [0.25, 0.3) is 139 Å². The van der Waals surface area contributed by atoms with Gasteiger partial charge in [0.05, 0.1) is 50.0 Å². The first-order valence-electron chi connectivity index (χ1n) is 25.1. The summed E-state index contributed by atoms with van der Waals surface area (Å²) in [5, 5.41) is 4.36. The summed E-state index contributed by atoms with van der Waals surface area (Å²) in [6, 6.07) is 92.6. The highest BCUT2D eigenvalue weighted by atomic mass is 16.3. The maximum atomic E-state index is 7.18. The monoisotopic (exact) mass is 945 g/mol. The Balaban J connectivity index is 1.04. The number of rotatable bonds is 8. The van der Waals surface area contributed by atoms with Gasteiger partial charge in [0, 0.05) is 43.9 Å². The first-order chi connectivity index (χ1) is 36.7. The summed E-state index contributed by atoms with van der Waals surface area (Å²) in [5.74, 6) is 1.65. The van der Waals surface area contributed by atoms with Crippen LogP contribution < -0.4 is 0 Å². The molecule has 0 atom stereocenters. The first-order valence-corrected chi connectivity index (χ1v) is 25.1. The number of furan rings is 1. The van der Waals surface area contributed by atoms with Gasteiger partial charge in [0.15, 0.2) is 0 Å². The second kappa shape index (κ2) is 16.8. The lowest BCUT2D eigenvalue weighted by molar-refractivity contribution is 0.669. The van der Waals surface area contributed by atoms with Crippen LogP contribution in [0.5, 0.6) is 0 Å². The van der Waals surface area contributed by atoms with Gasteiger partial charge in [0.1, 0.15) is 22.8 Å². The number of hydrogen-bond donors (Lipinski definition) is 0. The summed E-state index contributed by atoms with van der Waals surface area (Å²) in [6.45, 7) is 0. The fourth-order valence-electron chi connectivity index (χ4n) is 11.4. The van der Waals surface area contributed by atoms with E-state index in [-0.39, 0.29) is 0 Å². The molecule has 0 saturated heterocycles. The molecule has 346 valence electrons. The molecule has 15 rings (SSSR count). The Hall–Kier alpha value is -10.0. The minimum atomic E-state index is 0.771. The molecule has 11 aromatic carbocycles. The molecule has 0 aliphatic heterocycles. The lowest BCUT2D eigenvalue weighted by Gasteiger charge is -2.17. The zero-order chi connectivity index (χ0) is 48.7. The molecule has 0 N–H and O–H groups in total. The molecule has 0 fully saturated rings. The molecule has 0 radical (unpaired) electrons. The van der Waals surface area contributed by atoms with Gasteiger partial charge in [-0.15, -0.1) is 0 Å². The van der Waals surface area contributed by atoms with Gasteiger partial charge in [-0.2, -0.15) is 0 Å². The third-order valence-electron chi connectivity index (χ3n) is 14.7. The molecule has 0 aliphatic rings. The van der Waals surface area contributed by atoms with Crippen LogP contribution in [-0.2, 0) is 0 Å². The number of benzene rings is 11. The number of aromatic nitrogens is 5. The standard InChI is InChI=1S/C68H43N5O/c1-4-21-44(22-5-1)49-27-10-15-33-58(49)72-61-36-18-13-31-56(61)69-67(72)47-39-40-53-52-29-12-17-35-60(52)71(63(53)41-47)48-42-54-65-51(46-25-8-3-9-26-46)30-20-38-64(65)74-66(54)55(43-48)68-70-57-32-14-19-37-62(57)73(68)59-34-16-11-28-50(59)45-23-6-2-7-24-45/h1-43H. The van der Waals surface area contributed by atoms with Crippen molar-refractivity contribution in [3.05, 3.63) is 261 Å². The molecule has 0 bridgehead atoms. The van der Waals surface area contributed by atoms with Gasteiger partial charge in [0.25, 0.3) is 0 Å². The predicted octanol–water partition coefficient (Wildman–Crippen LogP) is 17.7. The van der Waals surface area contributed by atoms with Crippen molar-refractivity contribution in [3.63, 3.8) is 0 Å². The van der Waals surface area contributed by atoms with Gasteiger partial charge < -0.3 is 8.98 Å². The fourth-order valence-corrected chi connectivity index (χ4v) is 11.4. The van der Waals surface area contributed by atoms with Crippen molar-refractivity contribution in [2.75, 3.05) is 0 Å². The number of imidazole rings is 2. The van der Waals surface area contributed by atoms with Crippen molar-refractivity contribution >= 4 is 65.8 Å². The Morgan fingerprint density at radius 3 is 1.45 bits per heavy atom. The lowest BCUT2D eigenvalue weighted by Crippen LogP contribution is -2.02. The normalized spacial score (nSPS) is 11.8. The summed E-state index contributed by atoms with van der Waals surface area (Å²) in [6.07, 6.45) is 0. The largest absolute Gasteiger partial charge is 0.455 e. The Labute approximate surface area is 425 Å². The van der Waals surface area contributed by atoms with Crippen LogP contribution in [-0.4, -0.2) is 23.7 Å². The van der Waals surface area contributed by atoms with E-state index in [0.717, 1.165) is 139 Å².